The summed E-state index contributed by atoms with van der Waals surface area (Å²) in [5.41, 5.74) is 1.87. The lowest BCUT2D eigenvalue weighted by molar-refractivity contribution is 0.238. The van der Waals surface area contributed by atoms with Crippen molar-refractivity contribution in [1.82, 2.24) is 5.32 Å². The molecule has 0 unspecified atom stereocenters. The maximum absolute atomic E-state index is 12.0. The Hall–Kier alpha value is -2.79. The van der Waals surface area contributed by atoms with Gasteiger partial charge in [0.1, 0.15) is 11.5 Å². The fourth-order valence-electron chi connectivity index (χ4n) is 2.70. The summed E-state index contributed by atoms with van der Waals surface area (Å²) in [5.74, 6) is 1.61. The van der Waals surface area contributed by atoms with E-state index < -0.39 is 0 Å². The van der Waals surface area contributed by atoms with Gasteiger partial charge in [-0.2, -0.15) is 0 Å². The van der Waals surface area contributed by atoms with Gasteiger partial charge < -0.3 is 20.5 Å². The third-order valence-electron chi connectivity index (χ3n) is 4.09. The molecule has 0 aromatic heterocycles. The van der Waals surface area contributed by atoms with E-state index >= 15 is 0 Å². The van der Waals surface area contributed by atoms with E-state index in [9.17, 15) is 4.79 Å². The SMILES string of the molecule is Cc1ccc(Oc2ccc(NC(=O)N[C@@H]3C=C[C@H](CO)C3)cc2)cc1. The lowest BCUT2D eigenvalue weighted by atomic mass is 10.1. The predicted octanol–water partition coefficient (Wildman–Crippen LogP) is 3.85. The van der Waals surface area contributed by atoms with Crippen LogP contribution in [0.15, 0.2) is 60.7 Å². The minimum absolute atomic E-state index is 0.0405. The summed E-state index contributed by atoms with van der Waals surface area (Å²) in [4.78, 5) is 12.0. The maximum atomic E-state index is 12.0. The quantitative estimate of drug-likeness (QED) is 0.725. The number of urea groups is 1. The second-order valence-corrected chi connectivity index (χ2v) is 6.21. The molecule has 2 atom stereocenters. The molecule has 0 bridgehead atoms. The molecule has 0 radical (unpaired) electrons. The van der Waals surface area contributed by atoms with Gasteiger partial charge in [0.05, 0.1) is 0 Å². The average Bonchev–Trinajstić information content (AvgIpc) is 3.06. The molecule has 5 heteroatoms. The van der Waals surface area contributed by atoms with E-state index in [1.807, 2.05) is 55.5 Å². The van der Waals surface area contributed by atoms with E-state index in [2.05, 4.69) is 10.6 Å². The minimum atomic E-state index is -0.263. The molecule has 130 valence electrons. The number of aliphatic hydroxyl groups is 1. The van der Waals surface area contributed by atoms with Crippen LogP contribution in [-0.4, -0.2) is 23.8 Å². The van der Waals surface area contributed by atoms with Crippen molar-refractivity contribution in [2.75, 3.05) is 11.9 Å². The number of benzene rings is 2. The highest BCUT2D eigenvalue weighted by atomic mass is 16.5. The summed E-state index contributed by atoms with van der Waals surface area (Å²) in [6, 6.07) is 14.7. The molecule has 0 saturated carbocycles. The smallest absolute Gasteiger partial charge is 0.319 e. The Balaban J connectivity index is 1.51. The molecule has 2 aromatic carbocycles. The molecule has 5 nitrogen and oxygen atoms in total. The standard InChI is InChI=1S/C20H22N2O3/c1-14-2-8-18(9-3-14)25-19-10-6-16(7-11-19)21-20(24)22-17-5-4-15(12-17)13-23/h2-11,15,17,23H,12-13H2,1H3,(H2,21,22,24)/t15-,17+/m0/s1. The van der Waals surface area contributed by atoms with Crippen molar-refractivity contribution in [1.29, 1.82) is 0 Å². The van der Waals surface area contributed by atoms with Gasteiger partial charge >= 0.3 is 6.03 Å². The number of aryl methyl sites for hydroxylation is 1. The highest BCUT2D eigenvalue weighted by molar-refractivity contribution is 5.89. The summed E-state index contributed by atoms with van der Waals surface area (Å²) in [6.45, 7) is 2.14. The Morgan fingerprint density at radius 2 is 1.72 bits per heavy atom. The number of hydrogen-bond donors (Lipinski definition) is 3. The van der Waals surface area contributed by atoms with Gasteiger partial charge in [0.15, 0.2) is 0 Å². The second-order valence-electron chi connectivity index (χ2n) is 6.21. The van der Waals surface area contributed by atoms with Crippen LogP contribution in [0.25, 0.3) is 0 Å². The Morgan fingerprint density at radius 1 is 1.08 bits per heavy atom. The molecule has 3 rings (SSSR count). The van der Waals surface area contributed by atoms with E-state index in [0.29, 0.717) is 11.4 Å². The molecular weight excluding hydrogens is 316 g/mol. The summed E-state index contributed by atoms with van der Waals surface area (Å²) in [6.07, 6.45) is 4.58. The van der Waals surface area contributed by atoms with Gasteiger partial charge in [-0.05, 0) is 49.7 Å². The molecule has 0 aliphatic heterocycles. The van der Waals surface area contributed by atoms with E-state index in [0.717, 1.165) is 12.2 Å². The number of ether oxygens (including phenoxy) is 1. The van der Waals surface area contributed by atoms with Gasteiger partial charge in [0, 0.05) is 24.3 Å². The average molecular weight is 338 g/mol. The number of carbonyl (C=O) groups is 1. The second kappa shape index (κ2) is 7.85. The highest BCUT2D eigenvalue weighted by Crippen LogP contribution is 2.23. The Bertz CT molecular complexity index is 739. The zero-order valence-electron chi connectivity index (χ0n) is 14.1. The van der Waals surface area contributed by atoms with Crippen molar-refractivity contribution in [3.63, 3.8) is 0 Å². The van der Waals surface area contributed by atoms with Crippen LogP contribution in [0.4, 0.5) is 10.5 Å². The fourth-order valence-corrected chi connectivity index (χ4v) is 2.70. The summed E-state index contributed by atoms with van der Waals surface area (Å²) in [5, 5.41) is 14.8. The Labute approximate surface area is 147 Å². The first-order valence-corrected chi connectivity index (χ1v) is 8.33. The van der Waals surface area contributed by atoms with Crippen LogP contribution in [0.2, 0.25) is 0 Å². The van der Waals surface area contributed by atoms with E-state index in [1.165, 1.54) is 5.56 Å². The topological polar surface area (TPSA) is 70.6 Å². The summed E-state index contributed by atoms with van der Waals surface area (Å²) < 4.78 is 5.76. The van der Waals surface area contributed by atoms with Crippen molar-refractivity contribution >= 4 is 11.7 Å². The molecule has 0 spiro atoms. The van der Waals surface area contributed by atoms with Crippen LogP contribution in [0.1, 0.15) is 12.0 Å². The highest BCUT2D eigenvalue weighted by Gasteiger charge is 2.19. The van der Waals surface area contributed by atoms with Gasteiger partial charge in [-0.1, -0.05) is 29.8 Å². The van der Waals surface area contributed by atoms with Gasteiger partial charge in [0.2, 0.25) is 0 Å². The number of aliphatic hydroxyl groups excluding tert-OH is 1. The number of rotatable bonds is 5. The fraction of sp³-hybridized carbons (Fsp3) is 0.250. The van der Waals surface area contributed by atoms with E-state index in [1.54, 1.807) is 12.1 Å². The van der Waals surface area contributed by atoms with E-state index in [4.69, 9.17) is 9.84 Å². The number of hydrogen-bond acceptors (Lipinski definition) is 3. The van der Waals surface area contributed by atoms with Gasteiger partial charge in [-0.3, -0.25) is 0 Å². The van der Waals surface area contributed by atoms with Crippen LogP contribution < -0.4 is 15.4 Å². The van der Waals surface area contributed by atoms with Gasteiger partial charge in [0.25, 0.3) is 0 Å². The van der Waals surface area contributed by atoms with Crippen LogP contribution in [0.3, 0.4) is 0 Å². The van der Waals surface area contributed by atoms with Crippen molar-refractivity contribution < 1.29 is 14.6 Å². The summed E-state index contributed by atoms with van der Waals surface area (Å²) in [7, 11) is 0. The monoisotopic (exact) mass is 338 g/mol. The molecule has 1 aliphatic rings. The lowest BCUT2D eigenvalue weighted by Crippen LogP contribution is -2.36. The van der Waals surface area contributed by atoms with Crippen LogP contribution in [-0.2, 0) is 0 Å². The minimum Gasteiger partial charge on any atom is -0.457 e. The molecule has 25 heavy (non-hydrogen) atoms. The number of amides is 2. The van der Waals surface area contributed by atoms with Gasteiger partial charge in [-0.15, -0.1) is 0 Å². The van der Waals surface area contributed by atoms with Gasteiger partial charge in [-0.25, -0.2) is 4.79 Å². The zero-order valence-corrected chi connectivity index (χ0v) is 14.1. The first-order chi connectivity index (χ1) is 12.1. The molecule has 2 aromatic rings. The van der Waals surface area contributed by atoms with E-state index in [-0.39, 0.29) is 24.6 Å². The number of nitrogens with one attached hydrogen (secondary N) is 2. The Morgan fingerprint density at radius 3 is 2.32 bits per heavy atom. The Kier molecular flexibility index (Phi) is 5.36. The zero-order chi connectivity index (χ0) is 17.6. The van der Waals surface area contributed by atoms with Crippen LogP contribution in [0.5, 0.6) is 11.5 Å². The molecule has 1 aliphatic carbocycles. The first kappa shape index (κ1) is 17.0. The third kappa shape index (κ3) is 4.84. The largest absolute Gasteiger partial charge is 0.457 e. The predicted molar refractivity (Wildman–Crippen MR) is 98.0 cm³/mol. The van der Waals surface area contributed by atoms with Crippen molar-refractivity contribution in [3.8, 4) is 11.5 Å². The molecule has 2 amide bonds. The molecular formula is C20H22N2O3. The third-order valence-corrected chi connectivity index (χ3v) is 4.09. The number of carbonyl (C=O) groups excluding carboxylic acids is 1. The number of anilines is 1. The normalized spacial score (nSPS) is 18.8. The van der Waals surface area contributed by atoms with Crippen LogP contribution >= 0.6 is 0 Å². The molecule has 0 fully saturated rings. The molecule has 0 saturated heterocycles. The summed E-state index contributed by atoms with van der Waals surface area (Å²) >= 11 is 0. The first-order valence-electron chi connectivity index (χ1n) is 8.33. The van der Waals surface area contributed by atoms with Crippen molar-refractivity contribution in [2.24, 2.45) is 5.92 Å². The lowest BCUT2D eigenvalue weighted by Gasteiger charge is -2.14. The van der Waals surface area contributed by atoms with Crippen molar-refractivity contribution in [2.45, 2.75) is 19.4 Å². The van der Waals surface area contributed by atoms with Crippen LogP contribution in [0, 0.1) is 12.8 Å². The molecule has 3 N–H and O–H groups in total. The molecule has 0 heterocycles. The maximum Gasteiger partial charge on any atom is 0.319 e. The van der Waals surface area contributed by atoms with Crippen molar-refractivity contribution in [3.05, 3.63) is 66.2 Å².